The lowest BCUT2D eigenvalue weighted by molar-refractivity contribution is -0.137. The van der Waals surface area contributed by atoms with Crippen LogP contribution in [0, 0.1) is 0 Å². The average Bonchev–Trinajstić information content (AvgIpc) is 2.60. The molecule has 1 aromatic heterocycles. The zero-order chi connectivity index (χ0) is 19.2. The van der Waals surface area contributed by atoms with Gasteiger partial charge in [0.1, 0.15) is 0 Å². The number of nitrogens with one attached hydrogen (secondary N) is 2. The Kier molecular flexibility index (Phi) is 6.76. The van der Waals surface area contributed by atoms with Crippen molar-refractivity contribution in [3.05, 3.63) is 46.7 Å². The highest BCUT2D eigenvalue weighted by molar-refractivity contribution is 6.31. The molecule has 0 atom stereocenters. The summed E-state index contributed by atoms with van der Waals surface area (Å²) in [5.41, 5.74) is -0.951. The monoisotopic (exact) mass is 388 g/mol. The van der Waals surface area contributed by atoms with Crippen LogP contribution in [0.25, 0.3) is 0 Å². The van der Waals surface area contributed by atoms with Crippen LogP contribution in [0.2, 0.25) is 5.02 Å². The summed E-state index contributed by atoms with van der Waals surface area (Å²) in [7, 11) is 1.60. The van der Waals surface area contributed by atoms with Gasteiger partial charge in [-0.3, -0.25) is 4.79 Å². The first kappa shape index (κ1) is 19.9. The van der Waals surface area contributed by atoms with Crippen molar-refractivity contribution in [2.24, 2.45) is 0 Å². The van der Waals surface area contributed by atoms with Crippen LogP contribution < -0.4 is 10.6 Å². The molecule has 0 aliphatic heterocycles. The number of methoxy groups -OCH3 is 1. The lowest BCUT2D eigenvalue weighted by Gasteiger charge is -2.12. The molecule has 0 saturated carbocycles. The molecule has 1 aromatic carbocycles. The van der Waals surface area contributed by atoms with Gasteiger partial charge in [-0.1, -0.05) is 11.6 Å². The van der Waals surface area contributed by atoms with Crippen LogP contribution in [0.4, 0.5) is 24.8 Å². The first-order valence-electron chi connectivity index (χ1n) is 7.54. The van der Waals surface area contributed by atoms with Crippen molar-refractivity contribution in [1.82, 2.24) is 9.97 Å². The number of ether oxygens (including phenoxy) is 1. The molecule has 2 aromatic rings. The number of hydrogen-bond donors (Lipinski definition) is 2. The minimum absolute atomic E-state index is 0.0338. The molecule has 0 aliphatic rings. The lowest BCUT2D eigenvalue weighted by Crippen LogP contribution is -2.15. The molecule has 2 rings (SSSR count). The highest BCUT2D eigenvalue weighted by Crippen LogP contribution is 2.36. The third kappa shape index (κ3) is 5.57. The quantitative estimate of drug-likeness (QED) is 0.704. The lowest BCUT2D eigenvalue weighted by atomic mass is 10.2. The Morgan fingerprint density at radius 1 is 1.27 bits per heavy atom. The van der Waals surface area contributed by atoms with Crippen LogP contribution in [-0.2, 0) is 10.9 Å². The minimum atomic E-state index is -4.61. The average molecular weight is 389 g/mol. The highest BCUT2D eigenvalue weighted by atomic mass is 35.5. The maximum Gasteiger partial charge on any atom is 0.417 e. The number of rotatable bonds is 7. The molecular formula is C16H16ClF3N4O2. The van der Waals surface area contributed by atoms with Crippen LogP contribution in [0.15, 0.2) is 30.6 Å². The summed E-state index contributed by atoms with van der Waals surface area (Å²) in [5, 5.41) is 4.87. The van der Waals surface area contributed by atoms with E-state index in [0.717, 1.165) is 18.6 Å². The molecule has 0 fully saturated rings. The number of amides is 1. The maximum absolute atomic E-state index is 12.9. The summed E-state index contributed by atoms with van der Waals surface area (Å²) < 4.78 is 43.5. The summed E-state index contributed by atoms with van der Waals surface area (Å²) in [6.07, 6.45) is -1.29. The fourth-order valence-corrected chi connectivity index (χ4v) is 2.20. The van der Waals surface area contributed by atoms with E-state index < -0.39 is 22.7 Å². The van der Waals surface area contributed by atoms with E-state index in [2.05, 4.69) is 20.6 Å². The summed E-state index contributed by atoms with van der Waals surface area (Å²) in [6.45, 7) is 1.19. The topological polar surface area (TPSA) is 76.1 Å². The van der Waals surface area contributed by atoms with Gasteiger partial charge in [-0.15, -0.1) is 0 Å². The van der Waals surface area contributed by atoms with Gasteiger partial charge in [0.2, 0.25) is 5.95 Å². The molecule has 6 nitrogen and oxygen atoms in total. The van der Waals surface area contributed by atoms with Crippen LogP contribution in [0.3, 0.4) is 0 Å². The Hall–Kier alpha value is -2.39. The van der Waals surface area contributed by atoms with E-state index in [-0.39, 0.29) is 11.3 Å². The predicted molar refractivity (Wildman–Crippen MR) is 91.4 cm³/mol. The first-order valence-corrected chi connectivity index (χ1v) is 7.92. The summed E-state index contributed by atoms with van der Waals surface area (Å²) >= 11 is 5.55. The number of nitrogens with zero attached hydrogens (tertiary/aromatic N) is 2. The molecule has 0 unspecified atom stereocenters. The second kappa shape index (κ2) is 8.81. The van der Waals surface area contributed by atoms with Crippen molar-refractivity contribution >= 4 is 29.1 Å². The van der Waals surface area contributed by atoms with Gasteiger partial charge >= 0.3 is 6.18 Å². The van der Waals surface area contributed by atoms with Crippen molar-refractivity contribution in [1.29, 1.82) is 0 Å². The molecule has 0 aliphatic carbocycles. The molecule has 2 N–H and O–H groups in total. The molecule has 140 valence electrons. The molecule has 0 bridgehead atoms. The second-order valence-electron chi connectivity index (χ2n) is 5.21. The molecular weight excluding hydrogens is 373 g/mol. The Morgan fingerprint density at radius 3 is 2.58 bits per heavy atom. The largest absolute Gasteiger partial charge is 0.417 e. The number of alkyl halides is 3. The standard InChI is InChI=1S/C16H16ClF3N4O2/c1-26-6-2-5-21-15-22-8-10(9-23-15)14(25)24-11-3-4-13(17)12(7-11)16(18,19)20/h3-4,7-9H,2,5-6H2,1H3,(H,24,25)(H,21,22,23). The normalized spacial score (nSPS) is 11.3. The number of aromatic nitrogens is 2. The summed E-state index contributed by atoms with van der Waals surface area (Å²) in [6, 6.07) is 3.12. The Balaban J connectivity index is 2.01. The summed E-state index contributed by atoms with van der Waals surface area (Å²) in [4.78, 5) is 20.1. The van der Waals surface area contributed by atoms with Gasteiger partial charge in [-0.05, 0) is 24.6 Å². The summed E-state index contributed by atoms with van der Waals surface area (Å²) in [5.74, 6) is -0.296. The SMILES string of the molecule is COCCCNc1ncc(C(=O)Nc2ccc(Cl)c(C(F)(F)F)c2)cn1. The van der Waals surface area contributed by atoms with Crippen LogP contribution in [0.1, 0.15) is 22.3 Å². The Bertz CT molecular complexity index is 754. The van der Waals surface area contributed by atoms with Crippen LogP contribution in [0.5, 0.6) is 0 Å². The maximum atomic E-state index is 12.9. The number of anilines is 2. The number of halogens is 4. The minimum Gasteiger partial charge on any atom is -0.385 e. The fraction of sp³-hybridized carbons (Fsp3) is 0.312. The van der Waals surface area contributed by atoms with E-state index >= 15 is 0 Å². The molecule has 1 amide bonds. The van der Waals surface area contributed by atoms with E-state index in [0.29, 0.717) is 19.1 Å². The number of carbonyl (C=O) groups excluding carboxylic acids is 1. The molecule has 0 radical (unpaired) electrons. The van der Waals surface area contributed by atoms with E-state index in [4.69, 9.17) is 16.3 Å². The van der Waals surface area contributed by atoms with Gasteiger partial charge in [-0.25, -0.2) is 9.97 Å². The third-order valence-electron chi connectivity index (χ3n) is 3.25. The van der Waals surface area contributed by atoms with Crippen molar-refractivity contribution in [2.75, 3.05) is 30.9 Å². The van der Waals surface area contributed by atoms with E-state index in [1.54, 1.807) is 7.11 Å². The highest BCUT2D eigenvalue weighted by Gasteiger charge is 2.33. The van der Waals surface area contributed by atoms with Gasteiger partial charge in [0.15, 0.2) is 0 Å². The van der Waals surface area contributed by atoms with Gasteiger partial charge in [0.25, 0.3) is 5.91 Å². The third-order valence-corrected chi connectivity index (χ3v) is 3.58. The van der Waals surface area contributed by atoms with Crippen molar-refractivity contribution in [2.45, 2.75) is 12.6 Å². The molecule has 0 spiro atoms. The Labute approximate surface area is 152 Å². The number of benzene rings is 1. The Morgan fingerprint density at radius 2 is 1.96 bits per heavy atom. The second-order valence-corrected chi connectivity index (χ2v) is 5.62. The smallest absolute Gasteiger partial charge is 0.385 e. The number of hydrogen-bond acceptors (Lipinski definition) is 5. The van der Waals surface area contributed by atoms with Crippen LogP contribution in [-0.4, -0.2) is 36.1 Å². The van der Waals surface area contributed by atoms with Crippen molar-refractivity contribution in [3.8, 4) is 0 Å². The van der Waals surface area contributed by atoms with Gasteiger partial charge in [-0.2, -0.15) is 13.2 Å². The molecule has 0 saturated heterocycles. The van der Waals surface area contributed by atoms with Crippen LogP contribution >= 0.6 is 11.6 Å². The fourth-order valence-electron chi connectivity index (χ4n) is 1.98. The first-order chi connectivity index (χ1) is 12.3. The van der Waals surface area contributed by atoms with E-state index in [1.165, 1.54) is 18.5 Å². The van der Waals surface area contributed by atoms with E-state index in [9.17, 15) is 18.0 Å². The van der Waals surface area contributed by atoms with E-state index in [1.807, 2.05) is 0 Å². The predicted octanol–water partition coefficient (Wildman–Crippen LogP) is 3.85. The zero-order valence-electron chi connectivity index (χ0n) is 13.7. The number of carbonyl (C=O) groups is 1. The molecule has 10 heteroatoms. The zero-order valence-corrected chi connectivity index (χ0v) is 14.5. The van der Waals surface area contributed by atoms with Crippen molar-refractivity contribution < 1.29 is 22.7 Å². The van der Waals surface area contributed by atoms with Crippen molar-refractivity contribution in [3.63, 3.8) is 0 Å². The molecule has 1 heterocycles. The van der Waals surface area contributed by atoms with Gasteiger partial charge in [0, 0.05) is 38.3 Å². The van der Waals surface area contributed by atoms with Gasteiger partial charge in [0.05, 0.1) is 16.1 Å². The molecule has 26 heavy (non-hydrogen) atoms. The van der Waals surface area contributed by atoms with Gasteiger partial charge < -0.3 is 15.4 Å².